The van der Waals surface area contributed by atoms with Crippen molar-refractivity contribution in [3.63, 3.8) is 0 Å². The van der Waals surface area contributed by atoms with Gasteiger partial charge in [0.15, 0.2) is 5.83 Å². The molecule has 0 N–H and O–H groups in total. The lowest BCUT2D eigenvalue weighted by Crippen LogP contribution is -1.95. The minimum atomic E-state index is -1.66. The molecule has 0 saturated heterocycles. The van der Waals surface area contributed by atoms with Gasteiger partial charge in [0.1, 0.15) is 23.8 Å². The van der Waals surface area contributed by atoms with Gasteiger partial charge in [-0.25, -0.2) is 22.0 Å². The van der Waals surface area contributed by atoms with Gasteiger partial charge in [-0.05, 0) is 29.3 Å². The van der Waals surface area contributed by atoms with Crippen molar-refractivity contribution in [3.8, 4) is 11.1 Å². The van der Waals surface area contributed by atoms with Gasteiger partial charge in [-0.1, -0.05) is 28.1 Å². The highest BCUT2D eigenvalue weighted by molar-refractivity contribution is 9.08. The summed E-state index contributed by atoms with van der Waals surface area (Å²) in [4.78, 5) is 0. The maximum Gasteiger partial charge on any atom is 0.164 e. The molecule has 0 spiro atoms. The highest BCUT2D eigenvalue weighted by Crippen LogP contribution is 2.31. The third-order valence-corrected chi connectivity index (χ3v) is 3.52. The van der Waals surface area contributed by atoms with Crippen LogP contribution in [0.15, 0.2) is 36.7 Å². The van der Waals surface area contributed by atoms with Crippen LogP contribution in [0.2, 0.25) is 0 Å². The Morgan fingerprint density at radius 1 is 1.00 bits per heavy atom. The highest BCUT2D eigenvalue weighted by Gasteiger charge is 2.17. The Labute approximate surface area is 126 Å². The Balaban J connectivity index is 2.57. The van der Waals surface area contributed by atoms with E-state index < -0.39 is 35.2 Å². The predicted molar refractivity (Wildman–Crippen MR) is 74.6 cm³/mol. The van der Waals surface area contributed by atoms with Crippen LogP contribution in [0.1, 0.15) is 11.1 Å². The second kappa shape index (κ2) is 6.39. The molecular weight excluding hydrogens is 355 g/mol. The summed E-state index contributed by atoms with van der Waals surface area (Å²) >= 11 is 3.16. The van der Waals surface area contributed by atoms with Crippen LogP contribution in [0, 0.1) is 17.5 Å². The van der Waals surface area contributed by atoms with Crippen LogP contribution < -0.4 is 0 Å². The molecule has 0 unspecified atom stereocenters. The lowest BCUT2D eigenvalue weighted by Gasteiger charge is -2.08. The normalized spacial score (nSPS) is 11.8. The Kier molecular flexibility index (Phi) is 4.77. The molecule has 21 heavy (non-hydrogen) atoms. The quantitative estimate of drug-likeness (QED) is 0.470. The fourth-order valence-electron chi connectivity index (χ4n) is 1.89. The molecule has 6 heteroatoms. The van der Waals surface area contributed by atoms with E-state index in [4.69, 9.17) is 0 Å². The van der Waals surface area contributed by atoms with Gasteiger partial charge >= 0.3 is 0 Å². The van der Waals surface area contributed by atoms with E-state index in [0.29, 0.717) is 10.9 Å². The van der Waals surface area contributed by atoms with Crippen LogP contribution in [-0.4, -0.2) is 0 Å². The Hall–Kier alpha value is -1.69. The first kappa shape index (κ1) is 15.7. The molecule has 0 aliphatic heterocycles. The largest absolute Gasteiger partial charge is 0.212 e. The molecule has 0 atom stereocenters. The van der Waals surface area contributed by atoms with Crippen molar-refractivity contribution in [2.75, 3.05) is 0 Å². The van der Waals surface area contributed by atoms with Gasteiger partial charge in [0.25, 0.3) is 0 Å². The van der Waals surface area contributed by atoms with E-state index in [1.807, 2.05) is 0 Å². The molecule has 0 fully saturated rings. The zero-order chi connectivity index (χ0) is 15.6. The van der Waals surface area contributed by atoms with Crippen LogP contribution in [-0.2, 0) is 5.33 Å². The van der Waals surface area contributed by atoms with Crippen LogP contribution >= 0.6 is 15.9 Å². The molecule has 0 nitrogen and oxygen atoms in total. The molecule has 0 radical (unpaired) electrons. The summed E-state index contributed by atoms with van der Waals surface area (Å²) in [5.41, 5.74) is -0.591. The topological polar surface area (TPSA) is 0 Å². The molecule has 0 aromatic heterocycles. The van der Waals surface area contributed by atoms with E-state index in [-0.39, 0.29) is 11.1 Å². The number of alkyl halides is 1. The van der Waals surface area contributed by atoms with Gasteiger partial charge in [0.2, 0.25) is 0 Å². The van der Waals surface area contributed by atoms with Gasteiger partial charge in [0, 0.05) is 10.9 Å². The fourth-order valence-corrected chi connectivity index (χ4v) is 2.24. The summed E-state index contributed by atoms with van der Waals surface area (Å²) in [5.74, 6) is -4.94. The van der Waals surface area contributed by atoms with Crippen molar-refractivity contribution in [3.05, 3.63) is 65.2 Å². The molecule has 0 saturated carbocycles. The summed E-state index contributed by atoms with van der Waals surface area (Å²) in [6.45, 7) is 0. The molecule has 110 valence electrons. The summed E-state index contributed by atoms with van der Waals surface area (Å²) in [6.07, 6.45) is -0.535. The zero-order valence-corrected chi connectivity index (χ0v) is 12.0. The van der Waals surface area contributed by atoms with Crippen molar-refractivity contribution >= 4 is 21.8 Å². The molecule has 0 amide bonds. The number of hydrogen-bond acceptors (Lipinski definition) is 0. The number of hydrogen-bond donors (Lipinski definition) is 0. The van der Waals surface area contributed by atoms with Gasteiger partial charge in [0.05, 0.1) is 5.56 Å². The summed E-state index contributed by atoms with van der Waals surface area (Å²) in [7, 11) is 0. The second-order valence-electron chi connectivity index (χ2n) is 4.22. The predicted octanol–water partition coefficient (Wildman–Crippen LogP) is 5.90. The average molecular weight is 363 g/mol. The zero-order valence-electron chi connectivity index (χ0n) is 10.4. The van der Waals surface area contributed by atoms with Crippen LogP contribution in [0.25, 0.3) is 17.0 Å². The maximum atomic E-state index is 13.9. The van der Waals surface area contributed by atoms with E-state index >= 15 is 0 Å². The van der Waals surface area contributed by atoms with Crippen LogP contribution in [0.5, 0.6) is 0 Å². The van der Waals surface area contributed by atoms with E-state index in [1.54, 1.807) is 6.07 Å². The first-order valence-corrected chi connectivity index (χ1v) is 6.90. The first-order chi connectivity index (χ1) is 9.97. The number of rotatable bonds is 3. The minimum Gasteiger partial charge on any atom is -0.212 e. The molecule has 0 heterocycles. The smallest absolute Gasteiger partial charge is 0.164 e. The Morgan fingerprint density at radius 3 is 2.10 bits per heavy atom. The third-order valence-electron chi connectivity index (χ3n) is 2.88. The summed E-state index contributed by atoms with van der Waals surface area (Å²) in [6, 6.07) is 5.68. The van der Waals surface area contributed by atoms with Crippen molar-refractivity contribution in [1.29, 1.82) is 0 Å². The Morgan fingerprint density at radius 2 is 1.62 bits per heavy atom. The van der Waals surface area contributed by atoms with Crippen LogP contribution in [0.4, 0.5) is 22.0 Å². The van der Waals surface area contributed by atoms with E-state index in [9.17, 15) is 22.0 Å². The van der Waals surface area contributed by atoms with E-state index in [1.165, 1.54) is 12.1 Å². The standard InChI is InChI=1S/C15H8BrF5/c16-6-8-1-2-10(11(18)3-8)9-4-12(19)15(13(20)5-9)14(21)7-17/h1-5,7H,6H2/b14-7-. The highest BCUT2D eigenvalue weighted by atomic mass is 79.9. The molecular formula is C15H8BrF5. The average Bonchev–Trinajstić information content (AvgIpc) is 2.45. The minimum absolute atomic E-state index is 0.0336. The molecule has 0 bridgehead atoms. The van der Waals surface area contributed by atoms with E-state index in [0.717, 1.165) is 12.1 Å². The van der Waals surface area contributed by atoms with Crippen molar-refractivity contribution in [2.45, 2.75) is 5.33 Å². The lowest BCUT2D eigenvalue weighted by atomic mass is 10.0. The van der Waals surface area contributed by atoms with Gasteiger partial charge < -0.3 is 0 Å². The fraction of sp³-hybridized carbons (Fsp3) is 0.0667. The van der Waals surface area contributed by atoms with Gasteiger partial charge in [-0.2, -0.15) is 0 Å². The summed E-state index contributed by atoms with van der Waals surface area (Å²) < 4.78 is 66.4. The second-order valence-corrected chi connectivity index (χ2v) is 4.78. The van der Waals surface area contributed by atoms with E-state index in [2.05, 4.69) is 15.9 Å². The molecule has 0 aliphatic carbocycles. The monoisotopic (exact) mass is 362 g/mol. The maximum absolute atomic E-state index is 13.9. The molecule has 2 aromatic carbocycles. The number of benzene rings is 2. The third kappa shape index (κ3) is 3.15. The molecule has 0 aliphatic rings. The van der Waals surface area contributed by atoms with Crippen molar-refractivity contribution < 1.29 is 22.0 Å². The van der Waals surface area contributed by atoms with Gasteiger partial charge in [-0.3, -0.25) is 0 Å². The molecule has 2 rings (SSSR count). The number of halogens is 6. The Bertz CT molecular complexity index is 686. The molecule has 2 aromatic rings. The van der Waals surface area contributed by atoms with Crippen molar-refractivity contribution in [2.24, 2.45) is 0 Å². The first-order valence-electron chi connectivity index (χ1n) is 5.78. The summed E-state index contributed by atoms with van der Waals surface area (Å²) in [5, 5.41) is 0.429. The lowest BCUT2D eigenvalue weighted by molar-refractivity contribution is 0.561. The van der Waals surface area contributed by atoms with Crippen molar-refractivity contribution in [1.82, 2.24) is 0 Å². The van der Waals surface area contributed by atoms with Gasteiger partial charge in [-0.15, -0.1) is 0 Å². The SMILES string of the molecule is F/C=C(\F)c1c(F)cc(-c2ccc(CBr)cc2F)cc1F. The van der Waals surface area contributed by atoms with Crippen LogP contribution in [0.3, 0.4) is 0 Å².